The van der Waals surface area contributed by atoms with Crippen LogP contribution in [0.3, 0.4) is 0 Å². The van der Waals surface area contributed by atoms with Crippen molar-refractivity contribution in [2.24, 2.45) is 0 Å². The fraction of sp³-hybridized carbons (Fsp3) is 0.500. The van der Waals surface area contributed by atoms with Gasteiger partial charge < -0.3 is 19.5 Å². The Morgan fingerprint density at radius 3 is 2.39 bits per heavy atom. The molecule has 1 aromatic carbocycles. The van der Waals surface area contributed by atoms with Crippen molar-refractivity contribution in [2.75, 3.05) is 14.2 Å². The van der Waals surface area contributed by atoms with Crippen LogP contribution in [0.25, 0.3) is 0 Å². The van der Waals surface area contributed by atoms with E-state index in [4.69, 9.17) is 14.2 Å². The van der Waals surface area contributed by atoms with Gasteiger partial charge in [-0.05, 0) is 61.1 Å². The lowest BCUT2D eigenvalue weighted by molar-refractivity contribution is -0.143. The Kier molecular flexibility index (Phi) is 7.11. The monoisotopic (exact) mass is 435 g/mol. The second-order valence-electron chi connectivity index (χ2n) is 5.89. The van der Waals surface area contributed by atoms with Gasteiger partial charge in [0.1, 0.15) is 17.4 Å². The standard InChI is InChI=1S/C16H22INO5/c1-16(2,3)23-15(20)18-12(14(19)22-5)9-10-6-7-13(21-4)11(17)8-10/h6-8,12H,9H2,1-5H3,(H,18,20). The van der Waals surface area contributed by atoms with Crippen LogP contribution in [0.4, 0.5) is 4.79 Å². The zero-order valence-corrected chi connectivity index (χ0v) is 16.1. The first kappa shape index (κ1) is 19.5. The van der Waals surface area contributed by atoms with Crippen LogP contribution in [0.1, 0.15) is 26.3 Å². The maximum atomic E-state index is 11.9. The smallest absolute Gasteiger partial charge is 0.408 e. The van der Waals surface area contributed by atoms with Gasteiger partial charge in [-0.25, -0.2) is 9.59 Å². The third kappa shape index (κ3) is 6.64. The van der Waals surface area contributed by atoms with E-state index in [0.717, 1.165) is 14.9 Å². The number of esters is 1. The summed E-state index contributed by atoms with van der Waals surface area (Å²) in [5.74, 6) is 0.228. The first-order valence-corrected chi connectivity index (χ1v) is 8.14. The van der Waals surface area contributed by atoms with E-state index in [9.17, 15) is 9.59 Å². The minimum atomic E-state index is -0.820. The Hall–Kier alpha value is -1.51. The van der Waals surface area contributed by atoms with E-state index in [1.54, 1.807) is 27.9 Å². The summed E-state index contributed by atoms with van der Waals surface area (Å²) in [5.41, 5.74) is 0.238. The van der Waals surface area contributed by atoms with Gasteiger partial charge in [-0.2, -0.15) is 0 Å². The van der Waals surface area contributed by atoms with Gasteiger partial charge in [-0.15, -0.1) is 0 Å². The Morgan fingerprint density at radius 1 is 1.26 bits per heavy atom. The minimum Gasteiger partial charge on any atom is -0.496 e. The molecule has 1 rings (SSSR count). The summed E-state index contributed by atoms with van der Waals surface area (Å²) in [5, 5.41) is 2.55. The second-order valence-corrected chi connectivity index (χ2v) is 7.06. The molecule has 0 aliphatic heterocycles. The van der Waals surface area contributed by atoms with E-state index < -0.39 is 23.7 Å². The fourth-order valence-electron chi connectivity index (χ4n) is 1.86. The number of carbonyl (C=O) groups is 2. The normalized spacial score (nSPS) is 12.3. The van der Waals surface area contributed by atoms with Crippen molar-refractivity contribution in [3.8, 4) is 5.75 Å². The first-order chi connectivity index (χ1) is 10.7. The van der Waals surface area contributed by atoms with E-state index in [2.05, 4.69) is 27.9 Å². The van der Waals surface area contributed by atoms with Crippen LogP contribution in [0, 0.1) is 3.57 Å². The Bertz CT molecular complexity index is 568. The van der Waals surface area contributed by atoms with Crippen LogP contribution in [-0.4, -0.2) is 37.9 Å². The molecule has 0 radical (unpaired) electrons. The number of carbonyl (C=O) groups excluding carboxylic acids is 2. The molecule has 6 nitrogen and oxygen atoms in total. The molecule has 1 amide bonds. The van der Waals surface area contributed by atoms with Gasteiger partial charge in [0.25, 0.3) is 0 Å². The zero-order chi connectivity index (χ0) is 17.6. The summed E-state index contributed by atoms with van der Waals surface area (Å²) in [4.78, 5) is 23.8. The van der Waals surface area contributed by atoms with Gasteiger partial charge in [-0.1, -0.05) is 6.07 Å². The van der Waals surface area contributed by atoms with Crippen LogP contribution in [-0.2, 0) is 20.7 Å². The number of methoxy groups -OCH3 is 2. The van der Waals surface area contributed by atoms with E-state index >= 15 is 0 Å². The van der Waals surface area contributed by atoms with Gasteiger partial charge >= 0.3 is 12.1 Å². The van der Waals surface area contributed by atoms with Gasteiger partial charge in [-0.3, -0.25) is 0 Å². The highest BCUT2D eigenvalue weighted by atomic mass is 127. The third-order valence-corrected chi connectivity index (χ3v) is 3.68. The number of amides is 1. The first-order valence-electron chi connectivity index (χ1n) is 7.06. The lowest BCUT2D eigenvalue weighted by Crippen LogP contribution is -2.45. The Morgan fingerprint density at radius 2 is 1.91 bits per heavy atom. The molecule has 0 aromatic heterocycles. The van der Waals surface area contributed by atoms with Crippen LogP contribution in [0.2, 0.25) is 0 Å². The summed E-state index contributed by atoms with van der Waals surface area (Å²) in [6.45, 7) is 5.27. The molecular formula is C16H22INO5. The molecule has 0 fully saturated rings. The van der Waals surface area contributed by atoms with Crippen molar-refractivity contribution in [3.05, 3.63) is 27.3 Å². The van der Waals surface area contributed by atoms with Crippen LogP contribution >= 0.6 is 22.6 Å². The summed E-state index contributed by atoms with van der Waals surface area (Å²) in [7, 11) is 2.88. The molecule has 1 atom stereocenters. The summed E-state index contributed by atoms with van der Waals surface area (Å²) >= 11 is 2.15. The molecule has 7 heteroatoms. The second kappa shape index (κ2) is 8.37. The SMILES string of the molecule is COC(=O)C(Cc1ccc(OC)c(I)c1)NC(=O)OC(C)(C)C. The highest BCUT2D eigenvalue weighted by molar-refractivity contribution is 14.1. The predicted molar refractivity (Wildman–Crippen MR) is 94.6 cm³/mol. The molecule has 0 aliphatic rings. The van der Waals surface area contributed by atoms with Crippen molar-refractivity contribution >= 4 is 34.7 Å². The van der Waals surface area contributed by atoms with Crippen molar-refractivity contribution in [2.45, 2.75) is 38.8 Å². The van der Waals surface area contributed by atoms with E-state index in [0.29, 0.717) is 6.42 Å². The number of alkyl carbamates (subject to hydrolysis) is 1. The maximum Gasteiger partial charge on any atom is 0.408 e. The quantitative estimate of drug-likeness (QED) is 0.569. The molecule has 1 aromatic rings. The molecule has 0 spiro atoms. The largest absolute Gasteiger partial charge is 0.496 e. The average molecular weight is 435 g/mol. The van der Waals surface area contributed by atoms with Crippen molar-refractivity contribution < 1.29 is 23.8 Å². The molecule has 23 heavy (non-hydrogen) atoms. The van der Waals surface area contributed by atoms with Crippen LogP contribution in [0.5, 0.6) is 5.75 Å². The lowest BCUT2D eigenvalue weighted by atomic mass is 10.1. The summed E-state index contributed by atoms with van der Waals surface area (Å²) in [6, 6.07) is 4.73. The average Bonchev–Trinajstić information content (AvgIpc) is 2.44. The van der Waals surface area contributed by atoms with E-state index in [1.165, 1.54) is 7.11 Å². The number of hydrogen-bond acceptors (Lipinski definition) is 5. The van der Waals surface area contributed by atoms with Gasteiger partial charge in [0.05, 0.1) is 17.8 Å². The minimum absolute atomic E-state index is 0.298. The molecule has 0 bridgehead atoms. The Labute approximate surface area is 150 Å². The molecule has 1 N–H and O–H groups in total. The zero-order valence-electron chi connectivity index (χ0n) is 13.9. The molecule has 0 heterocycles. The molecular weight excluding hydrogens is 413 g/mol. The summed E-state index contributed by atoms with van der Waals surface area (Å²) < 4.78 is 16.1. The topological polar surface area (TPSA) is 73.9 Å². The van der Waals surface area contributed by atoms with Gasteiger partial charge in [0.15, 0.2) is 0 Å². The number of benzene rings is 1. The number of hydrogen-bond donors (Lipinski definition) is 1. The predicted octanol–water partition coefficient (Wildman–Crippen LogP) is 2.91. The number of ether oxygens (including phenoxy) is 3. The molecule has 128 valence electrons. The fourth-order valence-corrected chi connectivity index (χ4v) is 2.66. The highest BCUT2D eigenvalue weighted by Gasteiger charge is 2.25. The Balaban J connectivity index is 2.85. The van der Waals surface area contributed by atoms with Crippen molar-refractivity contribution in [1.29, 1.82) is 0 Å². The highest BCUT2D eigenvalue weighted by Crippen LogP contribution is 2.22. The maximum absolute atomic E-state index is 11.9. The molecule has 1 unspecified atom stereocenters. The van der Waals surface area contributed by atoms with Crippen molar-refractivity contribution in [3.63, 3.8) is 0 Å². The van der Waals surface area contributed by atoms with Crippen LogP contribution < -0.4 is 10.1 Å². The molecule has 0 aliphatic carbocycles. The lowest BCUT2D eigenvalue weighted by Gasteiger charge is -2.22. The van der Waals surface area contributed by atoms with Crippen molar-refractivity contribution in [1.82, 2.24) is 5.32 Å². The number of halogens is 1. The number of nitrogens with one attached hydrogen (secondary N) is 1. The molecule has 0 saturated heterocycles. The van der Waals surface area contributed by atoms with E-state index in [1.807, 2.05) is 18.2 Å². The molecule has 0 saturated carbocycles. The summed E-state index contributed by atoms with van der Waals surface area (Å²) in [6.07, 6.45) is -0.359. The van der Waals surface area contributed by atoms with Crippen LogP contribution in [0.15, 0.2) is 18.2 Å². The van der Waals surface area contributed by atoms with Gasteiger partial charge in [0, 0.05) is 6.42 Å². The van der Waals surface area contributed by atoms with Gasteiger partial charge in [0.2, 0.25) is 0 Å². The number of rotatable bonds is 5. The third-order valence-electron chi connectivity index (χ3n) is 2.83. The van der Waals surface area contributed by atoms with E-state index in [-0.39, 0.29) is 0 Å².